The molecule has 1 aromatic heterocycles. The third-order valence-electron chi connectivity index (χ3n) is 3.76. The molecule has 20 heavy (non-hydrogen) atoms. The van der Waals surface area contributed by atoms with E-state index in [9.17, 15) is 4.79 Å². The van der Waals surface area contributed by atoms with E-state index in [2.05, 4.69) is 4.98 Å². The van der Waals surface area contributed by atoms with Crippen molar-refractivity contribution in [2.24, 2.45) is 0 Å². The monoisotopic (exact) mass is 274 g/mol. The molecule has 1 aliphatic rings. The molecular formula is C15H18N2O3. The predicted octanol–water partition coefficient (Wildman–Crippen LogP) is 1.68. The van der Waals surface area contributed by atoms with E-state index in [4.69, 9.17) is 9.47 Å². The molecule has 2 atom stereocenters. The van der Waals surface area contributed by atoms with Gasteiger partial charge in [0.2, 0.25) is 0 Å². The molecule has 5 nitrogen and oxygen atoms in total. The van der Waals surface area contributed by atoms with Gasteiger partial charge in [-0.3, -0.25) is 9.36 Å². The minimum atomic E-state index is -0.0982. The number of hydrogen-bond donors (Lipinski definition) is 0. The van der Waals surface area contributed by atoms with E-state index in [0.29, 0.717) is 25.2 Å². The Kier molecular flexibility index (Phi) is 3.54. The van der Waals surface area contributed by atoms with Crippen LogP contribution in [0.5, 0.6) is 0 Å². The summed E-state index contributed by atoms with van der Waals surface area (Å²) in [7, 11) is 0. The summed E-state index contributed by atoms with van der Waals surface area (Å²) >= 11 is 0. The van der Waals surface area contributed by atoms with Crippen LogP contribution in [-0.2, 0) is 9.47 Å². The smallest absolute Gasteiger partial charge is 0.261 e. The number of fused-ring (bicyclic) bond motifs is 1. The highest BCUT2D eigenvalue weighted by molar-refractivity contribution is 5.80. The largest absolute Gasteiger partial charge is 0.376 e. The van der Waals surface area contributed by atoms with Crippen LogP contribution in [0.25, 0.3) is 10.9 Å². The zero-order valence-electron chi connectivity index (χ0n) is 11.7. The molecule has 2 aromatic rings. The Morgan fingerprint density at radius 1 is 1.45 bits per heavy atom. The van der Waals surface area contributed by atoms with Crippen LogP contribution in [0.2, 0.25) is 0 Å². The van der Waals surface area contributed by atoms with Crippen LogP contribution in [0, 0.1) is 6.92 Å². The topological polar surface area (TPSA) is 53.4 Å². The maximum absolute atomic E-state index is 12.7. The van der Waals surface area contributed by atoms with E-state index in [0.717, 1.165) is 11.1 Å². The van der Waals surface area contributed by atoms with E-state index < -0.39 is 0 Å². The number of benzene rings is 1. The lowest BCUT2D eigenvalue weighted by atomic mass is 10.1. The van der Waals surface area contributed by atoms with Crippen LogP contribution in [-0.4, -0.2) is 35.5 Å². The van der Waals surface area contributed by atoms with E-state index in [-0.39, 0.29) is 17.7 Å². The molecule has 1 aliphatic heterocycles. The molecule has 1 fully saturated rings. The summed E-state index contributed by atoms with van der Waals surface area (Å²) in [4.78, 5) is 17.1. The fourth-order valence-electron chi connectivity index (χ4n) is 2.74. The quantitative estimate of drug-likeness (QED) is 0.854. The summed E-state index contributed by atoms with van der Waals surface area (Å²) in [5, 5.41) is 0.678. The highest BCUT2D eigenvalue weighted by Crippen LogP contribution is 2.22. The van der Waals surface area contributed by atoms with Crippen LogP contribution < -0.4 is 5.56 Å². The highest BCUT2D eigenvalue weighted by Gasteiger charge is 2.31. The molecule has 0 radical (unpaired) electrons. The number of rotatable bonds is 3. The Morgan fingerprint density at radius 3 is 3.10 bits per heavy atom. The van der Waals surface area contributed by atoms with Gasteiger partial charge in [0.15, 0.2) is 0 Å². The molecule has 1 saturated heterocycles. The first-order valence-electron chi connectivity index (χ1n) is 6.88. The van der Waals surface area contributed by atoms with Crippen LogP contribution >= 0.6 is 0 Å². The van der Waals surface area contributed by atoms with Crippen molar-refractivity contribution in [1.82, 2.24) is 9.55 Å². The van der Waals surface area contributed by atoms with Crippen molar-refractivity contribution >= 4 is 10.9 Å². The molecule has 3 rings (SSSR count). The molecule has 106 valence electrons. The average molecular weight is 274 g/mol. The zero-order valence-corrected chi connectivity index (χ0v) is 11.7. The van der Waals surface area contributed by atoms with Crippen molar-refractivity contribution in [2.75, 3.05) is 19.8 Å². The van der Waals surface area contributed by atoms with Gasteiger partial charge < -0.3 is 9.47 Å². The van der Waals surface area contributed by atoms with Crippen LogP contribution in [0.15, 0.2) is 29.3 Å². The number of aromatic nitrogens is 2. The Labute approximate surface area is 117 Å². The van der Waals surface area contributed by atoms with Crippen LogP contribution in [0.3, 0.4) is 0 Å². The van der Waals surface area contributed by atoms with Crippen LogP contribution in [0.4, 0.5) is 0 Å². The van der Waals surface area contributed by atoms with Crippen molar-refractivity contribution in [3.63, 3.8) is 0 Å². The fraction of sp³-hybridized carbons (Fsp3) is 0.467. The first kappa shape index (κ1) is 13.3. The lowest BCUT2D eigenvalue weighted by Gasteiger charge is -2.20. The van der Waals surface area contributed by atoms with Gasteiger partial charge in [0.25, 0.3) is 5.56 Å². The van der Waals surface area contributed by atoms with Crippen molar-refractivity contribution in [1.29, 1.82) is 0 Å². The summed E-state index contributed by atoms with van der Waals surface area (Å²) in [6, 6.07) is 5.61. The third kappa shape index (κ3) is 2.13. The zero-order chi connectivity index (χ0) is 14.1. The maximum Gasteiger partial charge on any atom is 0.261 e. The normalized spacial score (nSPS) is 22.5. The van der Waals surface area contributed by atoms with Gasteiger partial charge in [0.1, 0.15) is 6.10 Å². The molecule has 2 heterocycles. The van der Waals surface area contributed by atoms with Crippen LogP contribution in [0.1, 0.15) is 18.5 Å². The van der Waals surface area contributed by atoms with Gasteiger partial charge in [-0.2, -0.15) is 0 Å². The van der Waals surface area contributed by atoms with Gasteiger partial charge in [-0.1, -0.05) is 12.1 Å². The van der Waals surface area contributed by atoms with Gasteiger partial charge >= 0.3 is 0 Å². The summed E-state index contributed by atoms with van der Waals surface area (Å²) in [6.07, 6.45) is 1.52. The Hall–Kier alpha value is -1.72. The van der Waals surface area contributed by atoms with Crippen molar-refractivity contribution in [3.8, 4) is 0 Å². The van der Waals surface area contributed by atoms with Crippen molar-refractivity contribution < 1.29 is 9.47 Å². The Morgan fingerprint density at radius 2 is 2.30 bits per heavy atom. The van der Waals surface area contributed by atoms with Crippen molar-refractivity contribution in [3.05, 3.63) is 40.4 Å². The molecule has 0 saturated carbocycles. The van der Waals surface area contributed by atoms with Gasteiger partial charge in [-0.05, 0) is 25.5 Å². The number of hydrogen-bond acceptors (Lipinski definition) is 4. The molecule has 1 aromatic carbocycles. The highest BCUT2D eigenvalue weighted by atomic mass is 16.5. The number of ether oxygens (including phenoxy) is 2. The van der Waals surface area contributed by atoms with Gasteiger partial charge in [-0.25, -0.2) is 4.98 Å². The maximum atomic E-state index is 12.7. The first-order valence-corrected chi connectivity index (χ1v) is 6.88. The minimum absolute atomic E-state index is 0.0201. The Balaban J connectivity index is 2.11. The lowest BCUT2D eigenvalue weighted by Crippen LogP contribution is -2.33. The number of aryl methyl sites for hydroxylation is 1. The third-order valence-corrected chi connectivity index (χ3v) is 3.76. The molecule has 0 bridgehead atoms. The number of nitrogens with zero attached hydrogens (tertiary/aromatic N) is 2. The molecule has 0 spiro atoms. The van der Waals surface area contributed by atoms with Crippen molar-refractivity contribution in [2.45, 2.75) is 26.0 Å². The van der Waals surface area contributed by atoms with Gasteiger partial charge in [0, 0.05) is 6.61 Å². The lowest BCUT2D eigenvalue weighted by molar-refractivity contribution is 0.0356. The summed E-state index contributed by atoms with van der Waals surface area (Å²) < 4.78 is 12.8. The summed E-state index contributed by atoms with van der Waals surface area (Å²) in [5.74, 6) is 0. The molecule has 0 aliphatic carbocycles. The standard InChI is InChI=1S/C15H18N2O3/c1-3-20-13-8-19-7-12(13)17-9-16-11-6-4-5-10(2)14(11)15(17)18/h4-6,9,12-13H,3,7-8H2,1-2H3/t12-,13-/m0/s1. The van der Waals surface area contributed by atoms with E-state index in [1.165, 1.54) is 0 Å². The summed E-state index contributed by atoms with van der Waals surface area (Å²) in [5.41, 5.74) is 1.66. The van der Waals surface area contributed by atoms with Gasteiger partial charge in [-0.15, -0.1) is 0 Å². The minimum Gasteiger partial charge on any atom is -0.376 e. The second kappa shape index (κ2) is 5.34. The SMILES string of the molecule is CCO[C@H]1COC[C@@H]1n1cnc2cccc(C)c2c1=O. The van der Waals surface area contributed by atoms with Gasteiger partial charge in [0.05, 0.1) is 36.5 Å². The second-order valence-corrected chi connectivity index (χ2v) is 5.02. The summed E-state index contributed by atoms with van der Waals surface area (Å²) in [6.45, 7) is 5.50. The molecular weight excluding hydrogens is 256 g/mol. The van der Waals surface area contributed by atoms with E-state index >= 15 is 0 Å². The molecule has 0 unspecified atom stereocenters. The average Bonchev–Trinajstić information content (AvgIpc) is 2.88. The molecule has 0 N–H and O–H groups in total. The predicted molar refractivity (Wildman–Crippen MR) is 76.0 cm³/mol. The second-order valence-electron chi connectivity index (χ2n) is 5.02. The molecule has 0 amide bonds. The van der Waals surface area contributed by atoms with E-state index in [1.807, 2.05) is 32.0 Å². The fourth-order valence-corrected chi connectivity index (χ4v) is 2.74. The van der Waals surface area contributed by atoms with E-state index in [1.54, 1.807) is 10.9 Å². The Bertz CT molecular complexity index is 680. The first-order chi connectivity index (χ1) is 9.72. The molecule has 5 heteroatoms.